The monoisotopic (exact) mass is 281 g/mol. The molecule has 1 aromatic rings. The molecule has 0 atom stereocenters. The van der Waals surface area contributed by atoms with Crippen LogP contribution in [0.4, 0.5) is 0 Å². The Hall–Kier alpha value is -2.15. The molecule has 0 heterocycles. The number of nitrogens with zero attached hydrogens (tertiary/aromatic N) is 1. The Labute approximate surface area is 111 Å². The molecule has 6 nitrogen and oxygen atoms in total. The fraction of sp³-hybridized carbons (Fsp3) is 0.167. The summed E-state index contributed by atoms with van der Waals surface area (Å²) in [5.41, 5.74) is 11.1. The van der Waals surface area contributed by atoms with Gasteiger partial charge >= 0.3 is 0 Å². The van der Waals surface area contributed by atoms with Gasteiger partial charge in [-0.3, -0.25) is 4.79 Å². The lowest BCUT2D eigenvalue weighted by Crippen LogP contribution is -2.24. The summed E-state index contributed by atoms with van der Waals surface area (Å²) in [6.45, 7) is 1.54. The summed E-state index contributed by atoms with van der Waals surface area (Å²) in [7, 11) is -3.28. The van der Waals surface area contributed by atoms with Crippen molar-refractivity contribution >= 4 is 27.8 Å². The SMILES string of the molecule is C/C(=C\c1cccc(S(C)(=O)=O)c1)C(=O)N=C(N)N. The molecular formula is C12H15N3O3S. The zero-order valence-electron chi connectivity index (χ0n) is 10.6. The van der Waals surface area contributed by atoms with E-state index in [1.807, 2.05) is 0 Å². The van der Waals surface area contributed by atoms with Crippen molar-refractivity contribution in [2.24, 2.45) is 16.5 Å². The Bertz CT molecular complexity index is 657. The third-order valence-electron chi connectivity index (χ3n) is 2.24. The van der Waals surface area contributed by atoms with Gasteiger partial charge in [0, 0.05) is 11.8 Å². The molecule has 0 aliphatic rings. The van der Waals surface area contributed by atoms with Crippen molar-refractivity contribution in [1.29, 1.82) is 0 Å². The molecule has 1 amide bonds. The van der Waals surface area contributed by atoms with E-state index in [9.17, 15) is 13.2 Å². The summed E-state index contributed by atoms with van der Waals surface area (Å²) < 4.78 is 22.8. The van der Waals surface area contributed by atoms with Crippen LogP contribution in [0.15, 0.2) is 39.7 Å². The van der Waals surface area contributed by atoms with Crippen molar-refractivity contribution in [3.8, 4) is 0 Å². The van der Waals surface area contributed by atoms with Gasteiger partial charge in [-0.05, 0) is 30.7 Å². The number of benzene rings is 1. The van der Waals surface area contributed by atoms with Gasteiger partial charge in [-0.2, -0.15) is 4.99 Å². The molecule has 102 valence electrons. The van der Waals surface area contributed by atoms with Gasteiger partial charge in [0.2, 0.25) is 0 Å². The van der Waals surface area contributed by atoms with Crippen LogP contribution in [0.2, 0.25) is 0 Å². The molecule has 0 aliphatic carbocycles. The predicted molar refractivity (Wildman–Crippen MR) is 74.0 cm³/mol. The minimum atomic E-state index is -3.28. The number of aliphatic imine (C=N–C) groups is 1. The maximum Gasteiger partial charge on any atom is 0.275 e. The summed E-state index contributed by atoms with van der Waals surface area (Å²) in [5.74, 6) is -0.882. The molecule has 0 aromatic heterocycles. The highest BCUT2D eigenvalue weighted by Crippen LogP contribution is 2.14. The van der Waals surface area contributed by atoms with Crippen molar-refractivity contribution in [3.05, 3.63) is 35.4 Å². The number of sulfone groups is 1. The van der Waals surface area contributed by atoms with E-state index in [1.54, 1.807) is 19.1 Å². The first-order valence-corrected chi connectivity index (χ1v) is 7.21. The quantitative estimate of drug-likeness (QED) is 0.469. The summed E-state index contributed by atoms with van der Waals surface area (Å²) >= 11 is 0. The smallest absolute Gasteiger partial charge is 0.275 e. The average molecular weight is 281 g/mol. The molecule has 0 bridgehead atoms. The summed E-state index contributed by atoms with van der Waals surface area (Å²) in [4.78, 5) is 15.1. The maximum atomic E-state index is 11.5. The molecule has 0 saturated carbocycles. The Balaban J connectivity index is 3.13. The number of guanidine groups is 1. The van der Waals surface area contributed by atoms with Gasteiger partial charge in [0.1, 0.15) is 0 Å². The second-order valence-electron chi connectivity index (χ2n) is 4.01. The van der Waals surface area contributed by atoms with E-state index in [0.717, 1.165) is 6.26 Å². The van der Waals surface area contributed by atoms with Crippen LogP contribution >= 0.6 is 0 Å². The third kappa shape index (κ3) is 4.55. The molecule has 4 N–H and O–H groups in total. The van der Waals surface area contributed by atoms with E-state index in [1.165, 1.54) is 18.2 Å². The van der Waals surface area contributed by atoms with Crippen LogP contribution in [0.5, 0.6) is 0 Å². The predicted octanol–water partition coefficient (Wildman–Crippen LogP) is 0.293. The Morgan fingerprint density at radius 1 is 1.32 bits per heavy atom. The van der Waals surface area contributed by atoms with Gasteiger partial charge in [-0.1, -0.05) is 12.1 Å². The Morgan fingerprint density at radius 2 is 1.95 bits per heavy atom. The van der Waals surface area contributed by atoms with Gasteiger partial charge in [-0.15, -0.1) is 0 Å². The van der Waals surface area contributed by atoms with Gasteiger partial charge < -0.3 is 11.5 Å². The number of rotatable bonds is 3. The molecule has 0 saturated heterocycles. The zero-order chi connectivity index (χ0) is 14.6. The molecule has 0 radical (unpaired) electrons. The van der Waals surface area contributed by atoms with Crippen LogP contribution in [-0.2, 0) is 14.6 Å². The van der Waals surface area contributed by atoms with Crippen LogP contribution in [0, 0.1) is 0 Å². The van der Waals surface area contributed by atoms with Gasteiger partial charge in [0.25, 0.3) is 5.91 Å². The van der Waals surface area contributed by atoms with E-state index in [-0.39, 0.29) is 10.9 Å². The standard InChI is InChI=1S/C12H15N3O3S/c1-8(11(16)15-12(13)14)6-9-4-3-5-10(7-9)19(2,17)18/h3-7H,1-2H3,(H4,13,14,15,16)/b8-6+. The van der Waals surface area contributed by atoms with Crippen molar-refractivity contribution in [2.75, 3.05) is 6.26 Å². The Kier molecular flexibility index (Phi) is 4.44. The average Bonchev–Trinajstić information content (AvgIpc) is 2.27. The highest BCUT2D eigenvalue weighted by molar-refractivity contribution is 7.90. The van der Waals surface area contributed by atoms with Gasteiger partial charge in [-0.25, -0.2) is 8.42 Å². The highest BCUT2D eigenvalue weighted by atomic mass is 32.2. The fourth-order valence-corrected chi connectivity index (χ4v) is 2.03. The summed E-state index contributed by atoms with van der Waals surface area (Å²) in [6, 6.07) is 6.24. The lowest BCUT2D eigenvalue weighted by molar-refractivity contribution is -0.114. The molecule has 1 rings (SSSR count). The Morgan fingerprint density at radius 3 is 2.47 bits per heavy atom. The molecule has 0 spiro atoms. The normalized spacial score (nSPS) is 12.0. The first-order valence-electron chi connectivity index (χ1n) is 5.32. The van der Waals surface area contributed by atoms with E-state index in [4.69, 9.17) is 11.5 Å². The minimum absolute atomic E-state index is 0.184. The topological polar surface area (TPSA) is 116 Å². The first kappa shape index (κ1) is 14.9. The number of nitrogens with two attached hydrogens (primary N) is 2. The molecule has 1 aromatic carbocycles. The summed E-state index contributed by atoms with van der Waals surface area (Å²) in [6.07, 6.45) is 2.64. The minimum Gasteiger partial charge on any atom is -0.370 e. The molecule has 0 unspecified atom stereocenters. The second-order valence-corrected chi connectivity index (χ2v) is 6.03. The highest BCUT2D eigenvalue weighted by Gasteiger charge is 2.08. The van der Waals surface area contributed by atoms with Gasteiger partial charge in [0.15, 0.2) is 15.8 Å². The lowest BCUT2D eigenvalue weighted by Gasteiger charge is -2.01. The van der Waals surface area contributed by atoms with Crippen LogP contribution in [0.1, 0.15) is 12.5 Å². The number of carbonyl (C=O) groups excluding carboxylic acids is 1. The van der Waals surface area contributed by atoms with Crippen LogP contribution in [0.3, 0.4) is 0 Å². The van der Waals surface area contributed by atoms with Crippen LogP contribution in [0.25, 0.3) is 6.08 Å². The number of amides is 1. The zero-order valence-corrected chi connectivity index (χ0v) is 11.4. The molecule has 7 heteroatoms. The fourth-order valence-electron chi connectivity index (χ4n) is 1.35. The largest absolute Gasteiger partial charge is 0.370 e. The third-order valence-corrected chi connectivity index (χ3v) is 3.35. The number of hydrogen-bond acceptors (Lipinski definition) is 3. The van der Waals surface area contributed by atoms with E-state index < -0.39 is 15.7 Å². The van der Waals surface area contributed by atoms with Crippen LogP contribution < -0.4 is 11.5 Å². The van der Waals surface area contributed by atoms with Crippen molar-refractivity contribution in [1.82, 2.24) is 0 Å². The summed E-state index contributed by atoms with van der Waals surface area (Å²) in [5, 5.41) is 0. The van der Waals surface area contributed by atoms with Gasteiger partial charge in [0.05, 0.1) is 4.90 Å². The van der Waals surface area contributed by atoms with Crippen molar-refractivity contribution in [3.63, 3.8) is 0 Å². The molecular weight excluding hydrogens is 266 g/mol. The van der Waals surface area contributed by atoms with E-state index in [0.29, 0.717) is 11.1 Å². The van der Waals surface area contributed by atoms with E-state index >= 15 is 0 Å². The van der Waals surface area contributed by atoms with Crippen molar-refractivity contribution in [2.45, 2.75) is 11.8 Å². The molecule has 19 heavy (non-hydrogen) atoms. The van der Waals surface area contributed by atoms with Crippen molar-refractivity contribution < 1.29 is 13.2 Å². The maximum absolute atomic E-state index is 11.5. The van der Waals surface area contributed by atoms with E-state index in [2.05, 4.69) is 4.99 Å². The second kappa shape index (κ2) is 5.66. The number of hydrogen-bond donors (Lipinski definition) is 2. The lowest BCUT2D eigenvalue weighted by atomic mass is 10.1. The first-order chi connectivity index (χ1) is 8.70. The van der Waals surface area contributed by atoms with Crippen LogP contribution in [-0.4, -0.2) is 26.5 Å². The number of carbonyl (C=O) groups is 1. The molecule has 0 aliphatic heterocycles. The molecule has 0 fully saturated rings.